The standard InChI is InChI=1S/C14H14BrNO2/c1-9-3-4-10(2)13(5-9)18-14-11(8-17)6-12(15)7-16-14/h3-7,17H,8H2,1-2H3. The molecule has 1 N–H and O–H groups in total. The molecule has 3 nitrogen and oxygen atoms in total. The lowest BCUT2D eigenvalue weighted by Crippen LogP contribution is -1.96. The number of halogens is 1. The maximum Gasteiger partial charge on any atom is 0.224 e. The van der Waals surface area contributed by atoms with E-state index in [1.54, 1.807) is 12.3 Å². The highest BCUT2D eigenvalue weighted by Crippen LogP contribution is 2.28. The SMILES string of the molecule is Cc1ccc(C)c(Oc2ncc(Br)cc2CO)c1. The van der Waals surface area contributed by atoms with Gasteiger partial charge in [0.05, 0.1) is 6.61 Å². The van der Waals surface area contributed by atoms with Crippen LogP contribution in [0, 0.1) is 13.8 Å². The Labute approximate surface area is 115 Å². The molecular weight excluding hydrogens is 294 g/mol. The molecule has 94 valence electrons. The van der Waals surface area contributed by atoms with E-state index in [0.717, 1.165) is 21.3 Å². The minimum Gasteiger partial charge on any atom is -0.438 e. The Balaban J connectivity index is 2.36. The molecule has 0 aliphatic heterocycles. The number of hydrogen-bond acceptors (Lipinski definition) is 3. The molecule has 1 heterocycles. The van der Waals surface area contributed by atoms with Crippen LogP contribution in [-0.2, 0) is 6.61 Å². The van der Waals surface area contributed by atoms with Crippen molar-refractivity contribution in [1.82, 2.24) is 4.98 Å². The molecule has 2 aromatic rings. The van der Waals surface area contributed by atoms with Crippen molar-refractivity contribution in [2.45, 2.75) is 20.5 Å². The number of ether oxygens (including phenoxy) is 1. The summed E-state index contributed by atoms with van der Waals surface area (Å²) in [5.74, 6) is 1.20. The fourth-order valence-electron chi connectivity index (χ4n) is 1.60. The first-order valence-corrected chi connectivity index (χ1v) is 6.40. The highest BCUT2D eigenvalue weighted by molar-refractivity contribution is 9.10. The third-order valence-electron chi connectivity index (χ3n) is 2.61. The van der Waals surface area contributed by atoms with Crippen LogP contribution >= 0.6 is 15.9 Å². The number of nitrogens with zero attached hydrogens (tertiary/aromatic N) is 1. The number of benzene rings is 1. The quantitative estimate of drug-likeness (QED) is 0.939. The number of aliphatic hydroxyl groups is 1. The van der Waals surface area contributed by atoms with Gasteiger partial charge in [-0.05, 0) is 53.0 Å². The van der Waals surface area contributed by atoms with Crippen molar-refractivity contribution in [3.63, 3.8) is 0 Å². The largest absolute Gasteiger partial charge is 0.438 e. The lowest BCUT2D eigenvalue weighted by Gasteiger charge is -2.11. The van der Waals surface area contributed by atoms with E-state index >= 15 is 0 Å². The Morgan fingerprint density at radius 1 is 1.28 bits per heavy atom. The molecule has 4 heteroatoms. The number of aromatic nitrogens is 1. The number of pyridine rings is 1. The average molecular weight is 308 g/mol. The Morgan fingerprint density at radius 3 is 2.78 bits per heavy atom. The molecule has 0 fully saturated rings. The monoisotopic (exact) mass is 307 g/mol. The molecule has 0 bridgehead atoms. The smallest absolute Gasteiger partial charge is 0.224 e. The van der Waals surface area contributed by atoms with Crippen LogP contribution < -0.4 is 4.74 Å². The van der Waals surface area contributed by atoms with E-state index in [-0.39, 0.29) is 6.61 Å². The van der Waals surface area contributed by atoms with Crippen LogP contribution in [0.25, 0.3) is 0 Å². The number of hydrogen-bond donors (Lipinski definition) is 1. The highest BCUT2D eigenvalue weighted by Gasteiger charge is 2.08. The van der Waals surface area contributed by atoms with Gasteiger partial charge in [0.25, 0.3) is 0 Å². The third-order valence-corrected chi connectivity index (χ3v) is 3.05. The van der Waals surface area contributed by atoms with E-state index in [1.807, 2.05) is 32.0 Å². The van der Waals surface area contributed by atoms with Gasteiger partial charge in [-0.3, -0.25) is 0 Å². The van der Waals surface area contributed by atoms with Gasteiger partial charge in [-0.1, -0.05) is 12.1 Å². The maximum atomic E-state index is 9.30. The molecule has 0 atom stereocenters. The van der Waals surface area contributed by atoms with E-state index in [9.17, 15) is 5.11 Å². The molecule has 0 amide bonds. The molecule has 0 unspecified atom stereocenters. The Hall–Kier alpha value is -1.39. The Bertz CT molecular complexity index is 570. The highest BCUT2D eigenvalue weighted by atomic mass is 79.9. The minimum absolute atomic E-state index is 0.105. The summed E-state index contributed by atoms with van der Waals surface area (Å²) in [6.07, 6.45) is 1.65. The minimum atomic E-state index is -0.105. The number of rotatable bonds is 3. The van der Waals surface area contributed by atoms with Gasteiger partial charge in [0.1, 0.15) is 5.75 Å². The van der Waals surface area contributed by atoms with Crippen LogP contribution in [0.1, 0.15) is 16.7 Å². The summed E-state index contributed by atoms with van der Waals surface area (Å²) in [6, 6.07) is 7.79. The van der Waals surface area contributed by atoms with Crippen LogP contribution in [0.15, 0.2) is 34.9 Å². The van der Waals surface area contributed by atoms with Gasteiger partial charge >= 0.3 is 0 Å². The second kappa shape index (κ2) is 5.50. The van der Waals surface area contributed by atoms with Crippen molar-refractivity contribution in [3.05, 3.63) is 51.6 Å². The molecule has 2 rings (SSSR count). The zero-order chi connectivity index (χ0) is 13.1. The zero-order valence-corrected chi connectivity index (χ0v) is 11.9. The van der Waals surface area contributed by atoms with E-state index < -0.39 is 0 Å². The van der Waals surface area contributed by atoms with Crippen molar-refractivity contribution >= 4 is 15.9 Å². The van der Waals surface area contributed by atoms with Gasteiger partial charge in [0.15, 0.2) is 0 Å². The molecule has 18 heavy (non-hydrogen) atoms. The molecular formula is C14H14BrNO2. The summed E-state index contributed by atoms with van der Waals surface area (Å²) in [5.41, 5.74) is 2.82. The molecule has 0 aliphatic carbocycles. The van der Waals surface area contributed by atoms with Crippen LogP contribution in [-0.4, -0.2) is 10.1 Å². The van der Waals surface area contributed by atoms with Gasteiger partial charge in [0.2, 0.25) is 5.88 Å². The van der Waals surface area contributed by atoms with E-state index in [1.165, 1.54) is 0 Å². The first-order chi connectivity index (χ1) is 8.60. The summed E-state index contributed by atoms with van der Waals surface area (Å²) in [5, 5.41) is 9.30. The second-order valence-corrected chi connectivity index (χ2v) is 5.06. The van der Waals surface area contributed by atoms with Crippen LogP contribution in [0.4, 0.5) is 0 Å². The molecule has 0 spiro atoms. The lowest BCUT2D eigenvalue weighted by atomic mass is 10.1. The molecule has 1 aromatic carbocycles. The normalized spacial score (nSPS) is 10.4. The summed E-state index contributed by atoms with van der Waals surface area (Å²) in [7, 11) is 0. The van der Waals surface area contributed by atoms with Crippen molar-refractivity contribution in [2.75, 3.05) is 0 Å². The predicted molar refractivity (Wildman–Crippen MR) is 73.8 cm³/mol. The summed E-state index contributed by atoms with van der Waals surface area (Å²) in [4.78, 5) is 4.19. The number of aliphatic hydroxyl groups excluding tert-OH is 1. The summed E-state index contributed by atoms with van der Waals surface area (Å²) < 4.78 is 6.59. The molecule has 0 saturated heterocycles. The van der Waals surface area contributed by atoms with E-state index in [2.05, 4.69) is 20.9 Å². The molecule has 0 radical (unpaired) electrons. The second-order valence-electron chi connectivity index (χ2n) is 4.15. The Kier molecular flexibility index (Phi) is 3.99. The fourth-order valence-corrected chi connectivity index (χ4v) is 1.97. The fraction of sp³-hybridized carbons (Fsp3) is 0.214. The Morgan fingerprint density at radius 2 is 2.06 bits per heavy atom. The summed E-state index contributed by atoms with van der Waals surface area (Å²) >= 11 is 3.32. The zero-order valence-electron chi connectivity index (χ0n) is 10.3. The number of aryl methyl sites for hydroxylation is 2. The van der Waals surface area contributed by atoms with Crippen LogP contribution in [0.5, 0.6) is 11.6 Å². The van der Waals surface area contributed by atoms with Crippen molar-refractivity contribution < 1.29 is 9.84 Å². The van der Waals surface area contributed by atoms with Gasteiger partial charge in [-0.2, -0.15) is 0 Å². The van der Waals surface area contributed by atoms with Gasteiger partial charge in [-0.25, -0.2) is 4.98 Å². The maximum absolute atomic E-state index is 9.30. The molecule has 0 aliphatic rings. The van der Waals surface area contributed by atoms with Gasteiger partial charge < -0.3 is 9.84 Å². The lowest BCUT2D eigenvalue weighted by molar-refractivity contribution is 0.275. The average Bonchev–Trinajstić information content (AvgIpc) is 2.36. The van der Waals surface area contributed by atoms with Gasteiger partial charge in [0, 0.05) is 16.2 Å². The van der Waals surface area contributed by atoms with Crippen molar-refractivity contribution in [1.29, 1.82) is 0 Å². The third kappa shape index (κ3) is 2.89. The van der Waals surface area contributed by atoms with Crippen LogP contribution in [0.3, 0.4) is 0 Å². The van der Waals surface area contributed by atoms with Crippen LogP contribution in [0.2, 0.25) is 0 Å². The van der Waals surface area contributed by atoms with Gasteiger partial charge in [-0.15, -0.1) is 0 Å². The first kappa shape index (κ1) is 13.1. The van der Waals surface area contributed by atoms with Crippen molar-refractivity contribution in [2.24, 2.45) is 0 Å². The molecule has 1 aromatic heterocycles. The predicted octanol–water partition coefficient (Wildman–Crippen LogP) is 3.75. The first-order valence-electron chi connectivity index (χ1n) is 5.60. The topological polar surface area (TPSA) is 42.4 Å². The molecule has 0 saturated carbocycles. The van der Waals surface area contributed by atoms with E-state index in [0.29, 0.717) is 11.4 Å². The van der Waals surface area contributed by atoms with Crippen molar-refractivity contribution in [3.8, 4) is 11.6 Å². The van der Waals surface area contributed by atoms with E-state index in [4.69, 9.17) is 4.74 Å². The summed E-state index contributed by atoms with van der Waals surface area (Å²) in [6.45, 7) is 3.88.